The number of anilines is 5. The highest BCUT2D eigenvalue weighted by molar-refractivity contribution is 5.82. The lowest BCUT2D eigenvalue weighted by atomic mass is 9.91. The predicted octanol–water partition coefficient (Wildman–Crippen LogP) is 17.1. The lowest BCUT2D eigenvalue weighted by molar-refractivity contribution is 0.742. The fourth-order valence-electron chi connectivity index (χ4n) is 9.23. The van der Waals surface area contributed by atoms with E-state index in [9.17, 15) is 0 Å². The Morgan fingerprint density at radius 2 is 0.758 bits per heavy atom. The summed E-state index contributed by atoms with van der Waals surface area (Å²) >= 11 is 0. The number of rotatable bonds is 11. The molecule has 3 aliphatic rings. The van der Waals surface area contributed by atoms with E-state index in [0.29, 0.717) is 0 Å². The first-order valence-corrected chi connectivity index (χ1v) is 22.4. The number of allylic oxidation sites excluding steroid dienone is 10. The van der Waals surface area contributed by atoms with Crippen LogP contribution in [-0.2, 0) is 0 Å². The minimum Gasteiger partial charge on any atom is -0.314 e. The fraction of sp³-hybridized carbons (Fsp3) is 0.133. The first kappa shape index (κ1) is 39.0. The van der Waals surface area contributed by atoms with Gasteiger partial charge in [0.2, 0.25) is 0 Å². The summed E-state index contributed by atoms with van der Waals surface area (Å²) < 4.78 is 0. The molecule has 302 valence electrons. The summed E-state index contributed by atoms with van der Waals surface area (Å²) in [6.07, 6.45) is 23.4. The van der Waals surface area contributed by atoms with Gasteiger partial charge in [-0.1, -0.05) is 152 Å². The van der Waals surface area contributed by atoms with Crippen LogP contribution in [0.25, 0.3) is 39.0 Å². The van der Waals surface area contributed by atoms with Crippen molar-refractivity contribution in [1.82, 2.24) is 0 Å². The zero-order valence-corrected chi connectivity index (χ0v) is 35.3. The Morgan fingerprint density at radius 1 is 0.306 bits per heavy atom. The molecule has 3 aliphatic carbocycles. The molecule has 0 amide bonds. The molecule has 10 rings (SSSR count). The van der Waals surface area contributed by atoms with Gasteiger partial charge in [-0.15, -0.1) is 0 Å². The number of hydrogen-bond donors (Lipinski definition) is 0. The number of hydrogen-bond acceptors (Lipinski definition) is 2. The first-order valence-electron chi connectivity index (χ1n) is 22.4. The Hall–Kier alpha value is -7.16. The Bertz CT molecular complexity index is 2690. The van der Waals surface area contributed by atoms with Gasteiger partial charge in [0.1, 0.15) is 0 Å². The molecule has 0 bridgehead atoms. The van der Waals surface area contributed by atoms with Crippen LogP contribution in [0.3, 0.4) is 0 Å². The summed E-state index contributed by atoms with van der Waals surface area (Å²) in [5.74, 6) is 0. The van der Waals surface area contributed by atoms with Gasteiger partial charge in [0.25, 0.3) is 0 Å². The van der Waals surface area contributed by atoms with E-state index in [-0.39, 0.29) is 0 Å². The van der Waals surface area contributed by atoms with Crippen LogP contribution < -0.4 is 9.80 Å². The molecule has 0 fully saturated rings. The minimum absolute atomic E-state index is 0.994. The summed E-state index contributed by atoms with van der Waals surface area (Å²) in [5, 5.41) is 0. The van der Waals surface area contributed by atoms with Gasteiger partial charge < -0.3 is 9.80 Å². The molecule has 0 unspecified atom stereocenters. The molecule has 62 heavy (non-hydrogen) atoms. The van der Waals surface area contributed by atoms with Crippen molar-refractivity contribution in [2.45, 2.75) is 51.4 Å². The summed E-state index contributed by atoms with van der Waals surface area (Å²) in [6, 6.07) is 66.5. The van der Waals surface area contributed by atoms with E-state index in [0.717, 1.165) is 42.7 Å². The molecule has 7 aromatic rings. The van der Waals surface area contributed by atoms with Gasteiger partial charge >= 0.3 is 0 Å². The quantitative estimate of drug-likeness (QED) is 0.129. The van der Waals surface area contributed by atoms with Crippen molar-refractivity contribution < 1.29 is 0 Å². The molecule has 0 spiro atoms. The highest BCUT2D eigenvalue weighted by atomic mass is 15.2. The summed E-state index contributed by atoms with van der Waals surface area (Å²) in [6.45, 7) is 0. The fourth-order valence-corrected chi connectivity index (χ4v) is 9.23. The molecule has 0 N–H and O–H groups in total. The maximum Gasteiger partial charge on any atom is 0.0462 e. The van der Waals surface area contributed by atoms with Crippen LogP contribution in [0, 0.1) is 0 Å². The topological polar surface area (TPSA) is 6.48 Å². The van der Waals surface area contributed by atoms with Crippen LogP contribution in [0.4, 0.5) is 28.4 Å². The third-order valence-electron chi connectivity index (χ3n) is 12.6. The molecule has 0 saturated carbocycles. The molecule has 2 heteroatoms. The van der Waals surface area contributed by atoms with E-state index < -0.39 is 0 Å². The second-order valence-electron chi connectivity index (χ2n) is 16.6. The first-order chi connectivity index (χ1) is 30.7. The highest BCUT2D eigenvalue weighted by Gasteiger charge is 2.20. The second kappa shape index (κ2) is 18.2. The lowest BCUT2D eigenvalue weighted by Gasteiger charge is -2.30. The van der Waals surface area contributed by atoms with E-state index in [1.807, 2.05) is 0 Å². The summed E-state index contributed by atoms with van der Waals surface area (Å²) in [4.78, 5) is 4.82. The van der Waals surface area contributed by atoms with E-state index >= 15 is 0 Å². The highest BCUT2D eigenvalue weighted by Crippen LogP contribution is 2.40. The van der Waals surface area contributed by atoms with Crippen molar-refractivity contribution in [3.8, 4) is 33.4 Å². The average Bonchev–Trinajstić information content (AvgIpc) is 3.36. The maximum absolute atomic E-state index is 2.47. The second-order valence-corrected chi connectivity index (χ2v) is 16.6. The number of nitrogens with zero attached hydrogens (tertiary/aromatic N) is 2. The predicted molar refractivity (Wildman–Crippen MR) is 264 cm³/mol. The maximum atomic E-state index is 2.47. The summed E-state index contributed by atoms with van der Waals surface area (Å²) in [5.41, 5.74) is 20.0. The van der Waals surface area contributed by atoms with Gasteiger partial charge in [-0.25, -0.2) is 0 Å². The van der Waals surface area contributed by atoms with Crippen molar-refractivity contribution in [2.24, 2.45) is 0 Å². The van der Waals surface area contributed by atoms with E-state index in [1.54, 1.807) is 0 Å². The van der Waals surface area contributed by atoms with Crippen molar-refractivity contribution in [3.05, 3.63) is 241 Å². The Morgan fingerprint density at radius 3 is 1.16 bits per heavy atom. The third-order valence-corrected chi connectivity index (χ3v) is 12.6. The average molecular weight is 801 g/mol. The molecule has 2 nitrogen and oxygen atoms in total. The van der Waals surface area contributed by atoms with Gasteiger partial charge in [-0.3, -0.25) is 0 Å². The van der Waals surface area contributed by atoms with Crippen LogP contribution >= 0.6 is 0 Å². The van der Waals surface area contributed by atoms with Crippen molar-refractivity contribution in [2.75, 3.05) is 9.80 Å². The van der Waals surface area contributed by atoms with E-state index in [2.05, 4.69) is 228 Å². The van der Waals surface area contributed by atoms with Gasteiger partial charge in [-0.05, 0) is 174 Å². The molecule has 0 aromatic heterocycles. The Kier molecular flexibility index (Phi) is 11.5. The zero-order valence-electron chi connectivity index (χ0n) is 35.3. The third kappa shape index (κ3) is 8.55. The molecule has 0 radical (unpaired) electrons. The zero-order chi connectivity index (χ0) is 41.5. The molecular weight excluding hydrogens is 749 g/mol. The van der Waals surface area contributed by atoms with Crippen LogP contribution in [0.5, 0.6) is 0 Å². The molecule has 0 aliphatic heterocycles. The van der Waals surface area contributed by atoms with Gasteiger partial charge in [0, 0.05) is 34.1 Å². The largest absolute Gasteiger partial charge is 0.314 e. The molecule has 0 saturated heterocycles. The van der Waals surface area contributed by atoms with Crippen molar-refractivity contribution in [1.29, 1.82) is 0 Å². The Balaban J connectivity index is 0.949. The lowest BCUT2D eigenvalue weighted by Crippen LogP contribution is -2.18. The summed E-state index contributed by atoms with van der Waals surface area (Å²) in [7, 11) is 0. The van der Waals surface area contributed by atoms with Gasteiger partial charge in [0.15, 0.2) is 0 Å². The van der Waals surface area contributed by atoms with Crippen LogP contribution in [0.15, 0.2) is 235 Å². The van der Waals surface area contributed by atoms with Crippen LogP contribution in [0.1, 0.15) is 56.9 Å². The standard InChI is InChI=1S/C60H52N2/c1-5-13-45(14-6-1)49-21-33-55(34-22-49)61(56-35-23-50(24-36-56)46-15-7-2-8-16-46)59-41-29-53(30-42-59)54-31-43-60(44-32-54)62(57-37-25-51(26-38-57)47-17-9-3-10-18-47)58-39-27-52(28-40-58)48-19-11-4-12-20-48/h1-2,5-9,13-19,21-25,27-37,39-44H,3-4,10-12,20,26,38H2. The van der Waals surface area contributed by atoms with E-state index in [1.165, 1.54) is 98.4 Å². The molecule has 7 aromatic carbocycles. The van der Waals surface area contributed by atoms with Crippen molar-refractivity contribution in [3.63, 3.8) is 0 Å². The molecule has 0 atom stereocenters. The van der Waals surface area contributed by atoms with Crippen LogP contribution in [-0.4, -0.2) is 0 Å². The van der Waals surface area contributed by atoms with Crippen molar-refractivity contribution >= 4 is 34.0 Å². The Labute approximate surface area is 367 Å². The van der Waals surface area contributed by atoms with Gasteiger partial charge in [-0.2, -0.15) is 0 Å². The SMILES string of the molecule is C1=CC(C2=CC=C(N(c3ccc(C4=CCCCC4)cc3)c3ccc(-c4ccc(N(c5ccc(-c6ccccc6)cc5)c5ccc(-c6ccccc6)cc5)cc4)cc3)CC2)=CCC1. The smallest absolute Gasteiger partial charge is 0.0462 e. The van der Waals surface area contributed by atoms with Gasteiger partial charge in [0.05, 0.1) is 0 Å². The normalized spacial score (nSPS) is 14.9. The van der Waals surface area contributed by atoms with E-state index in [4.69, 9.17) is 0 Å². The molecule has 0 heterocycles. The minimum atomic E-state index is 0.994. The number of benzene rings is 7. The molecular formula is C60H52N2. The monoisotopic (exact) mass is 800 g/mol. The van der Waals surface area contributed by atoms with Crippen LogP contribution in [0.2, 0.25) is 0 Å².